The van der Waals surface area contributed by atoms with Crippen molar-refractivity contribution >= 4 is 27.6 Å². The largest absolute Gasteiger partial charge is 0.396 e. The van der Waals surface area contributed by atoms with Crippen LogP contribution in [0.4, 0.5) is 11.6 Å². The van der Waals surface area contributed by atoms with E-state index in [4.69, 9.17) is 5.11 Å². The summed E-state index contributed by atoms with van der Waals surface area (Å²) >= 11 is 3.54. The molecule has 1 aliphatic heterocycles. The Labute approximate surface area is 138 Å². The molecular weight excluding hydrogens is 344 g/mol. The number of hydrogen-bond acceptors (Lipinski definition) is 5. The molecule has 2 heterocycles. The van der Waals surface area contributed by atoms with Gasteiger partial charge in [-0.25, -0.2) is 9.97 Å². The molecule has 1 aliphatic rings. The highest BCUT2D eigenvalue weighted by atomic mass is 79.9. The van der Waals surface area contributed by atoms with E-state index in [0.29, 0.717) is 13.0 Å². The average molecular weight is 363 g/mol. The van der Waals surface area contributed by atoms with Gasteiger partial charge in [0.05, 0.1) is 0 Å². The number of aromatic nitrogens is 2. The van der Waals surface area contributed by atoms with Gasteiger partial charge in [0.2, 0.25) is 0 Å². The predicted octanol–water partition coefficient (Wildman–Crippen LogP) is 2.60. The van der Waals surface area contributed by atoms with Crippen molar-refractivity contribution in [2.45, 2.75) is 19.4 Å². The zero-order valence-corrected chi connectivity index (χ0v) is 13.9. The number of aliphatic hydroxyl groups excluding tert-OH is 1. The highest BCUT2D eigenvalue weighted by molar-refractivity contribution is 9.10. The number of halogens is 1. The Kier molecular flexibility index (Phi) is 4.90. The van der Waals surface area contributed by atoms with Gasteiger partial charge in [0.15, 0.2) is 0 Å². The lowest BCUT2D eigenvalue weighted by Gasteiger charge is -2.30. The summed E-state index contributed by atoms with van der Waals surface area (Å²) in [5.74, 6) is 1.74. The molecule has 6 heteroatoms. The third-order valence-corrected chi connectivity index (χ3v) is 4.29. The van der Waals surface area contributed by atoms with E-state index < -0.39 is 0 Å². The summed E-state index contributed by atoms with van der Waals surface area (Å²) in [7, 11) is 0. The van der Waals surface area contributed by atoms with Crippen LogP contribution in [0.2, 0.25) is 0 Å². The molecule has 0 amide bonds. The number of benzene rings is 1. The zero-order valence-electron chi connectivity index (χ0n) is 12.3. The summed E-state index contributed by atoms with van der Waals surface area (Å²) in [5.41, 5.74) is 2.75. The minimum Gasteiger partial charge on any atom is -0.396 e. The number of hydrogen-bond donors (Lipinski definition) is 2. The third kappa shape index (κ3) is 3.56. The Morgan fingerprint density at radius 1 is 1.23 bits per heavy atom. The molecule has 3 rings (SSSR count). The maximum atomic E-state index is 8.83. The first-order valence-corrected chi connectivity index (χ1v) is 8.24. The number of anilines is 2. The van der Waals surface area contributed by atoms with Gasteiger partial charge in [-0.1, -0.05) is 22.0 Å². The summed E-state index contributed by atoms with van der Waals surface area (Å²) in [5, 5.41) is 12.0. The normalized spacial score (nSPS) is 13.8. The second kappa shape index (κ2) is 7.07. The molecule has 22 heavy (non-hydrogen) atoms. The second-order valence-corrected chi connectivity index (χ2v) is 6.27. The summed E-state index contributed by atoms with van der Waals surface area (Å²) in [6.07, 6.45) is 3.33. The summed E-state index contributed by atoms with van der Waals surface area (Å²) < 4.78 is 1.11. The van der Waals surface area contributed by atoms with Crippen LogP contribution in [0.3, 0.4) is 0 Å². The van der Waals surface area contributed by atoms with Crippen LogP contribution in [0.15, 0.2) is 35.1 Å². The van der Waals surface area contributed by atoms with E-state index in [-0.39, 0.29) is 6.61 Å². The molecule has 0 aliphatic carbocycles. The van der Waals surface area contributed by atoms with E-state index in [1.54, 1.807) is 6.33 Å². The summed E-state index contributed by atoms with van der Waals surface area (Å²) in [4.78, 5) is 10.9. The second-order valence-electron chi connectivity index (χ2n) is 5.35. The lowest BCUT2D eigenvalue weighted by atomic mass is 10.00. The Bertz CT molecular complexity index is 650. The van der Waals surface area contributed by atoms with E-state index in [1.165, 1.54) is 11.1 Å². The Balaban J connectivity index is 1.73. The van der Waals surface area contributed by atoms with Crippen molar-refractivity contribution in [1.29, 1.82) is 0 Å². The molecule has 0 bridgehead atoms. The van der Waals surface area contributed by atoms with Crippen molar-refractivity contribution < 1.29 is 5.11 Å². The van der Waals surface area contributed by atoms with E-state index in [0.717, 1.165) is 35.6 Å². The average Bonchev–Trinajstić information content (AvgIpc) is 2.55. The number of aliphatic hydroxyl groups is 1. The molecule has 1 aromatic heterocycles. The van der Waals surface area contributed by atoms with Crippen LogP contribution in [-0.4, -0.2) is 34.8 Å². The van der Waals surface area contributed by atoms with Crippen LogP contribution in [0.25, 0.3) is 0 Å². The van der Waals surface area contributed by atoms with Crippen molar-refractivity contribution in [3.63, 3.8) is 0 Å². The zero-order chi connectivity index (χ0) is 15.4. The fourth-order valence-corrected chi connectivity index (χ4v) is 3.04. The van der Waals surface area contributed by atoms with Crippen LogP contribution >= 0.6 is 15.9 Å². The molecule has 2 N–H and O–H groups in total. The monoisotopic (exact) mass is 362 g/mol. The van der Waals surface area contributed by atoms with Gasteiger partial charge in [0.1, 0.15) is 18.0 Å². The van der Waals surface area contributed by atoms with Crippen molar-refractivity contribution in [3.05, 3.63) is 46.2 Å². The maximum absolute atomic E-state index is 8.83. The van der Waals surface area contributed by atoms with Gasteiger partial charge in [-0.2, -0.15) is 0 Å². The Morgan fingerprint density at radius 2 is 2.14 bits per heavy atom. The molecule has 0 unspecified atom stereocenters. The van der Waals surface area contributed by atoms with Crippen molar-refractivity contribution in [3.8, 4) is 0 Å². The van der Waals surface area contributed by atoms with Crippen LogP contribution < -0.4 is 10.2 Å². The molecule has 2 aromatic rings. The number of nitrogens with one attached hydrogen (secondary N) is 1. The fraction of sp³-hybridized carbons (Fsp3) is 0.375. The number of nitrogens with zero attached hydrogens (tertiary/aromatic N) is 3. The maximum Gasteiger partial charge on any atom is 0.134 e. The molecule has 0 saturated carbocycles. The van der Waals surface area contributed by atoms with E-state index >= 15 is 0 Å². The van der Waals surface area contributed by atoms with Gasteiger partial charge in [-0.15, -0.1) is 0 Å². The molecule has 0 spiro atoms. The molecule has 0 radical (unpaired) electrons. The molecule has 1 aromatic carbocycles. The smallest absolute Gasteiger partial charge is 0.134 e. The van der Waals surface area contributed by atoms with Crippen molar-refractivity contribution in [2.24, 2.45) is 0 Å². The molecule has 0 fully saturated rings. The minimum absolute atomic E-state index is 0.183. The van der Waals surface area contributed by atoms with Gasteiger partial charge >= 0.3 is 0 Å². The summed E-state index contributed by atoms with van der Waals surface area (Å²) in [6.45, 7) is 2.72. The number of rotatable bonds is 5. The molecule has 5 nitrogen and oxygen atoms in total. The quantitative estimate of drug-likeness (QED) is 0.800. The molecule has 0 atom stereocenters. The molecular formula is C16H19BrN4O. The van der Waals surface area contributed by atoms with E-state index in [9.17, 15) is 0 Å². The van der Waals surface area contributed by atoms with Gasteiger partial charge < -0.3 is 15.3 Å². The topological polar surface area (TPSA) is 61.3 Å². The number of fused-ring (bicyclic) bond motifs is 1. The van der Waals surface area contributed by atoms with Gasteiger partial charge in [0, 0.05) is 36.8 Å². The minimum atomic E-state index is 0.183. The summed E-state index contributed by atoms with van der Waals surface area (Å²) in [6, 6.07) is 8.45. The van der Waals surface area contributed by atoms with Crippen LogP contribution in [-0.2, 0) is 13.0 Å². The van der Waals surface area contributed by atoms with Crippen LogP contribution in [0.5, 0.6) is 0 Å². The van der Waals surface area contributed by atoms with Gasteiger partial charge in [-0.05, 0) is 36.1 Å². The Hall–Kier alpha value is -1.66. The first kappa shape index (κ1) is 15.2. The van der Waals surface area contributed by atoms with Gasteiger partial charge in [0.25, 0.3) is 0 Å². The van der Waals surface area contributed by atoms with Gasteiger partial charge in [-0.3, -0.25) is 0 Å². The fourth-order valence-electron chi connectivity index (χ4n) is 2.63. The third-order valence-electron chi connectivity index (χ3n) is 3.80. The van der Waals surface area contributed by atoms with Crippen molar-refractivity contribution in [2.75, 3.05) is 29.9 Å². The highest BCUT2D eigenvalue weighted by Crippen LogP contribution is 2.26. The predicted molar refractivity (Wildman–Crippen MR) is 91.1 cm³/mol. The van der Waals surface area contributed by atoms with Crippen LogP contribution in [0.1, 0.15) is 17.5 Å². The highest BCUT2D eigenvalue weighted by Gasteiger charge is 2.18. The Morgan fingerprint density at radius 3 is 3.00 bits per heavy atom. The lowest BCUT2D eigenvalue weighted by Crippen LogP contribution is -2.31. The van der Waals surface area contributed by atoms with E-state index in [1.807, 2.05) is 6.07 Å². The lowest BCUT2D eigenvalue weighted by molar-refractivity contribution is 0.292. The molecule has 116 valence electrons. The molecule has 0 saturated heterocycles. The van der Waals surface area contributed by atoms with E-state index in [2.05, 4.69) is 54.3 Å². The van der Waals surface area contributed by atoms with Crippen LogP contribution in [0, 0.1) is 0 Å². The SMILES string of the molecule is OCCCNc1cc(N2CCc3ccc(Br)cc3C2)ncn1. The first-order chi connectivity index (χ1) is 10.8. The standard InChI is InChI=1S/C16H19BrN4O/c17-14-3-2-12-4-6-21(10-13(12)8-14)16-9-15(19-11-20-16)18-5-1-7-22/h2-3,8-9,11,22H,1,4-7,10H2,(H,18,19,20). The first-order valence-electron chi connectivity index (χ1n) is 7.45. The van der Waals surface area contributed by atoms with Crippen molar-refractivity contribution in [1.82, 2.24) is 9.97 Å².